The molecule has 0 saturated heterocycles. The molecule has 2 aromatic heterocycles. The second-order valence-electron chi connectivity index (χ2n) is 3.12. The number of imidazole rings is 1. The predicted molar refractivity (Wildman–Crippen MR) is 51.7 cm³/mol. The monoisotopic (exact) mass is 246 g/mol. The van der Waals surface area contributed by atoms with Gasteiger partial charge in [-0.05, 0) is 12.1 Å². The summed E-state index contributed by atoms with van der Waals surface area (Å²) in [6.07, 6.45) is 2.31. The third-order valence-electron chi connectivity index (χ3n) is 2.01. The summed E-state index contributed by atoms with van der Waals surface area (Å²) in [6.45, 7) is 0. The first-order valence-electron chi connectivity index (χ1n) is 4.17. The Kier molecular flexibility index (Phi) is 2.31. The Hall–Kier alpha value is -1.69. The molecule has 84 valence electrons. The second-order valence-corrected chi connectivity index (χ2v) is 3.55. The number of pyridine rings is 1. The van der Waals surface area contributed by atoms with Crippen molar-refractivity contribution in [2.75, 3.05) is 0 Å². The molecule has 0 aliphatic carbocycles. The van der Waals surface area contributed by atoms with Crippen molar-refractivity contribution in [2.24, 2.45) is 0 Å². The zero-order valence-electron chi connectivity index (χ0n) is 7.69. The van der Waals surface area contributed by atoms with Crippen LogP contribution in [0.1, 0.15) is 5.69 Å². The van der Waals surface area contributed by atoms with Gasteiger partial charge < -0.3 is 9.51 Å². The van der Waals surface area contributed by atoms with E-state index in [2.05, 4.69) is 4.98 Å². The molecule has 16 heavy (non-hydrogen) atoms. The number of aromatic nitrogens is 2. The van der Waals surface area contributed by atoms with E-state index in [4.69, 9.17) is 16.7 Å². The van der Waals surface area contributed by atoms with Crippen LogP contribution in [0.3, 0.4) is 0 Å². The van der Waals surface area contributed by atoms with Crippen LogP contribution in [0.15, 0.2) is 24.5 Å². The van der Waals surface area contributed by atoms with Crippen LogP contribution in [0, 0.1) is 0 Å². The van der Waals surface area contributed by atoms with E-state index in [-0.39, 0.29) is 5.65 Å². The van der Waals surface area contributed by atoms with Gasteiger partial charge in [0, 0.05) is 12.4 Å². The number of nitrogens with zero attached hydrogens (tertiary/aromatic N) is 2. The van der Waals surface area contributed by atoms with Crippen molar-refractivity contribution < 1.29 is 18.7 Å². The normalized spacial score (nSPS) is 11.9. The second kappa shape index (κ2) is 3.41. The molecule has 0 aromatic carbocycles. The Bertz CT molecular complexity index is 568. The van der Waals surface area contributed by atoms with E-state index in [1.165, 1.54) is 22.7 Å². The van der Waals surface area contributed by atoms with Crippen LogP contribution in [0.25, 0.3) is 5.65 Å². The largest absolute Gasteiger partial charge is 0.476 e. The van der Waals surface area contributed by atoms with E-state index in [1.54, 1.807) is 0 Å². The fourth-order valence-corrected chi connectivity index (χ4v) is 1.39. The van der Waals surface area contributed by atoms with Gasteiger partial charge in [0.25, 0.3) is 0 Å². The minimum Gasteiger partial charge on any atom is -0.476 e. The van der Waals surface area contributed by atoms with Gasteiger partial charge in [-0.2, -0.15) is 8.78 Å². The highest BCUT2D eigenvalue weighted by atomic mass is 35.5. The highest BCUT2D eigenvalue weighted by Crippen LogP contribution is 2.27. The predicted octanol–water partition coefficient (Wildman–Crippen LogP) is 2.16. The molecule has 2 heterocycles. The number of fused-ring (bicyclic) bond motifs is 1. The molecule has 2 aromatic rings. The maximum absolute atomic E-state index is 13.1. The average molecular weight is 247 g/mol. The summed E-state index contributed by atoms with van der Waals surface area (Å²) >= 11 is 5.65. The van der Waals surface area contributed by atoms with Gasteiger partial charge in [-0.15, -0.1) is 0 Å². The zero-order chi connectivity index (χ0) is 11.9. The van der Waals surface area contributed by atoms with Gasteiger partial charge in [-0.3, -0.25) is 0 Å². The van der Waals surface area contributed by atoms with E-state index in [0.717, 1.165) is 6.20 Å². The summed E-state index contributed by atoms with van der Waals surface area (Å²) in [5.41, 5.74) is -0.609. The average Bonchev–Trinajstić information content (AvgIpc) is 2.60. The van der Waals surface area contributed by atoms with E-state index in [1.807, 2.05) is 0 Å². The number of carboxylic acid groups (broad SMARTS) is 1. The third kappa shape index (κ3) is 1.61. The van der Waals surface area contributed by atoms with Crippen molar-refractivity contribution in [1.29, 1.82) is 0 Å². The highest BCUT2D eigenvalue weighted by Gasteiger charge is 2.43. The minimum atomic E-state index is -4.00. The Morgan fingerprint density at radius 3 is 2.75 bits per heavy atom. The molecule has 1 N–H and O–H groups in total. The molecule has 0 unspecified atom stereocenters. The minimum absolute atomic E-state index is 0.209. The molecule has 0 bridgehead atoms. The quantitative estimate of drug-likeness (QED) is 0.883. The molecule has 0 spiro atoms. The smallest absolute Gasteiger partial charge is 0.385 e. The van der Waals surface area contributed by atoms with Crippen LogP contribution in [-0.2, 0) is 10.7 Å². The Labute approximate surface area is 93.1 Å². The van der Waals surface area contributed by atoms with Crippen LogP contribution >= 0.6 is 11.6 Å². The van der Waals surface area contributed by atoms with Crippen LogP contribution in [0.4, 0.5) is 8.78 Å². The molecule has 0 radical (unpaired) electrons. The van der Waals surface area contributed by atoms with E-state index >= 15 is 0 Å². The topological polar surface area (TPSA) is 54.6 Å². The van der Waals surface area contributed by atoms with Gasteiger partial charge in [0.15, 0.2) is 0 Å². The van der Waals surface area contributed by atoms with Crippen LogP contribution in [-0.4, -0.2) is 20.5 Å². The lowest BCUT2D eigenvalue weighted by molar-refractivity contribution is -0.166. The number of rotatable bonds is 2. The molecule has 0 amide bonds. The number of carbonyl (C=O) groups is 1. The van der Waals surface area contributed by atoms with Crippen LogP contribution in [0.5, 0.6) is 0 Å². The number of hydrogen-bond donors (Lipinski definition) is 1. The summed E-state index contributed by atoms with van der Waals surface area (Å²) in [5, 5.41) is 8.69. The van der Waals surface area contributed by atoms with E-state index < -0.39 is 17.6 Å². The first kappa shape index (κ1) is 10.8. The molecule has 0 fully saturated rings. The molecule has 0 aliphatic heterocycles. The van der Waals surface area contributed by atoms with Crippen molar-refractivity contribution in [3.63, 3.8) is 0 Å². The van der Waals surface area contributed by atoms with Gasteiger partial charge in [-0.1, -0.05) is 11.6 Å². The number of halogens is 3. The van der Waals surface area contributed by atoms with Crippen molar-refractivity contribution in [2.45, 2.75) is 5.92 Å². The highest BCUT2D eigenvalue weighted by molar-refractivity contribution is 6.30. The molecular formula is C9H5ClF2N2O2. The van der Waals surface area contributed by atoms with Crippen LogP contribution < -0.4 is 0 Å². The Morgan fingerprint density at radius 1 is 1.44 bits per heavy atom. The lowest BCUT2D eigenvalue weighted by Crippen LogP contribution is -2.25. The first-order chi connectivity index (χ1) is 7.41. The Morgan fingerprint density at radius 2 is 2.12 bits per heavy atom. The number of carboxylic acids is 1. The third-order valence-corrected chi connectivity index (χ3v) is 2.23. The maximum Gasteiger partial charge on any atom is 0.385 e. The molecule has 0 atom stereocenters. The lowest BCUT2D eigenvalue weighted by atomic mass is 10.2. The number of alkyl halides is 2. The fourth-order valence-electron chi connectivity index (χ4n) is 1.23. The van der Waals surface area contributed by atoms with Crippen molar-refractivity contribution >= 4 is 23.2 Å². The van der Waals surface area contributed by atoms with E-state index in [0.29, 0.717) is 5.02 Å². The summed E-state index contributed by atoms with van der Waals surface area (Å²) in [6, 6.07) is 2.90. The number of aliphatic carboxylic acids is 1. The van der Waals surface area contributed by atoms with E-state index in [9.17, 15) is 13.6 Å². The molecule has 4 nitrogen and oxygen atoms in total. The summed E-state index contributed by atoms with van der Waals surface area (Å²) in [4.78, 5) is 13.9. The fraction of sp³-hybridized carbons (Fsp3) is 0.111. The summed E-state index contributed by atoms with van der Waals surface area (Å²) in [5.74, 6) is -6.24. The maximum atomic E-state index is 13.1. The standard InChI is InChI=1S/C9H5ClF2N2O2/c10-5-1-2-7-13-6(4-14(7)3-5)9(11,12)8(15)16/h1-4H,(H,15,16). The molecular weight excluding hydrogens is 242 g/mol. The molecule has 7 heteroatoms. The van der Waals surface area contributed by atoms with Gasteiger partial charge >= 0.3 is 11.9 Å². The molecule has 0 aliphatic rings. The van der Waals surface area contributed by atoms with Crippen molar-refractivity contribution in [3.8, 4) is 0 Å². The van der Waals surface area contributed by atoms with Crippen LogP contribution in [0.2, 0.25) is 5.02 Å². The zero-order valence-corrected chi connectivity index (χ0v) is 8.45. The first-order valence-corrected chi connectivity index (χ1v) is 4.55. The summed E-state index contributed by atoms with van der Waals surface area (Å²) < 4.78 is 27.5. The number of hydrogen-bond acceptors (Lipinski definition) is 2. The molecule has 2 rings (SSSR count). The molecule has 0 saturated carbocycles. The summed E-state index contributed by atoms with van der Waals surface area (Å²) in [7, 11) is 0. The lowest BCUT2D eigenvalue weighted by Gasteiger charge is -2.05. The van der Waals surface area contributed by atoms with Crippen molar-refractivity contribution in [3.05, 3.63) is 35.2 Å². The van der Waals surface area contributed by atoms with Gasteiger partial charge in [0.2, 0.25) is 0 Å². The van der Waals surface area contributed by atoms with Gasteiger partial charge in [0.1, 0.15) is 11.3 Å². The van der Waals surface area contributed by atoms with Crippen molar-refractivity contribution in [1.82, 2.24) is 9.38 Å². The Balaban J connectivity index is 2.59. The van der Waals surface area contributed by atoms with Gasteiger partial charge in [-0.25, -0.2) is 9.78 Å². The SMILES string of the molecule is O=C(O)C(F)(F)c1cn2cc(Cl)ccc2n1. The van der Waals surface area contributed by atoms with Gasteiger partial charge in [0.05, 0.1) is 5.02 Å².